The lowest BCUT2D eigenvalue weighted by Crippen LogP contribution is -2.21. The Morgan fingerprint density at radius 1 is 1.21 bits per heavy atom. The van der Waals surface area contributed by atoms with Crippen LogP contribution in [0.3, 0.4) is 0 Å². The molecule has 0 unspecified atom stereocenters. The van der Waals surface area contributed by atoms with Crippen LogP contribution in [0.2, 0.25) is 0 Å². The minimum absolute atomic E-state index is 0.0590. The topological polar surface area (TPSA) is 116 Å². The summed E-state index contributed by atoms with van der Waals surface area (Å²) in [6, 6.07) is 12.0. The quantitative estimate of drug-likeness (QED) is 0.386. The second-order valence-corrected chi connectivity index (χ2v) is 6.87. The van der Waals surface area contributed by atoms with E-state index in [0.29, 0.717) is 22.7 Å². The number of aromatic nitrogens is 2. The Hall–Kier alpha value is -3.53. The number of carbonyl (C=O) groups is 2. The molecule has 3 rings (SSSR count). The van der Waals surface area contributed by atoms with Crippen LogP contribution in [-0.2, 0) is 9.53 Å². The fraction of sp³-hybridized carbons (Fsp3) is 0.167. The smallest absolute Gasteiger partial charge is 0.349 e. The maximum absolute atomic E-state index is 12.2. The Labute approximate surface area is 163 Å². The molecule has 3 aromatic rings. The number of anilines is 1. The number of nitro groups is 1. The van der Waals surface area contributed by atoms with Gasteiger partial charge in [-0.15, -0.1) is 0 Å². The van der Waals surface area contributed by atoms with Gasteiger partial charge in [0.05, 0.1) is 27.7 Å². The summed E-state index contributed by atoms with van der Waals surface area (Å²) in [7, 11) is 0. The molecule has 1 N–H and O–H groups in total. The van der Waals surface area contributed by atoms with E-state index in [2.05, 4.69) is 10.4 Å². The molecule has 0 radical (unpaired) electrons. The summed E-state index contributed by atoms with van der Waals surface area (Å²) in [5.41, 5.74) is 2.75. The molecule has 0 saturated carbocycles. The highest BCUT2D eigenvalue weighted by Crippen LogP contribution is 2.25. The normalized spacial score (nSPS) is 10.5. The highest BCUT2D eigenvalue weighted by atomic mass is 32.1. The number of nitrogens with one attached hydrogen (secondary N) is 1. The molecule has 0 atom stereocenters. The van der Waals surface area contributed by atoms with E-state index >= 15 is 0 Å². The Kier molecular flexibility index (Phi) is 5.50. The summed E-state index contributed by atoms with van der Waals surface area (Å²) in [5, 5.41) is 17.6. The highest BCUT2D eigenvalue weighted by molar-refractivity contribution is 7.17. The van der Waals surface area contributed by atoms with Crippen molar-refractivity contribution < 1.29 is 19.2 Å². The van der Waals surface area contributed by atoms with Gasteiger partial charge in [-0.25, -0.2) is 9.48 Å². The average molecular weight is 400 g/mol. The number of rotatable bonds is 6. The molecule has 2 aromatic heterocycles. The third-order valence-electron chi connectivity index (χ3n) is 3.86. The first-order valence-corrected chi connectivity index (χ1v) is 9.01. The Morgan fingerprint density at radius 2 is 1.93 bits per heavy atom. The van der Waals surface area contributed by atoms with E-state index in [1.807, 2.05) is 37.3 Å². The predicted molar refractivity (Wildman–Crippen MR) is 103 cm³/mol. The zero-order valence-electron chi connectivity index (χ0n) is 15.0. The third kappa shape index (κ3) is 4.07. The fourth-order valence-electron chi connectivity index (χ4n) is 2.56. The van der Waals surface area contributed by atoms with Crippen LogP contribution in [0.4, 0.5) is 10.7 Å². The molecule has 0 saturated heterocycles. The van der Waals surface area contributed by atoms with Gasteiger partial charge in [-0.1, -0.05) is 29.5 Å². The molecule has 2 heterocycles. The molecular weight excluding hydrogens is 384 g/mol. The Bertz CT molecular complexity index is 1040. The van der Waals surface area contributed by atoms with Crippen molar-refractivity contribution in [3.8, 4) is 5.69 Å². The number of para-hydroxylation sites is 1. The molecule has 0 fully saturated rings. The Balaban J connectivity index is 1.64. The first kappa shape index (κ1) is 19.2. The van der Waals surface area contributed by atoms with E-state index in [4.69, 9.17) is 4.74 Å². The molecule has 1 aromatic carbocycles. The predicted octanol–water partition coefficient (Wildman–Crippen LogP) is 3.25. The van der Waals surface area contributed by atoms with Crippen molar-refractivity contribution >= 4 is 33.9 Å². The lowest BCUT2D eigenvalue weighted by Gasteiger charge is -2.07. The van der Waals surface area contributed by atoms with Gasteiger partial charge < -0.3 is 10.1 Å². The van der Waals surface area contributed by atoms with Gasteiger partial charge in [0.15, 0.2) is 6.61 Å². The molecule has 0 aliphatic rings. The second kappa shape index (κ2) is 8.01. The molecule has 28 heavy (non-hydrogen) atoms. The van der Waals surface area contributed by atoms with Gasteiger partial charge >= 0.3 is 11.0 Å². The standard InChI is InChI=1S/C18H16N4O5S/c1-11-17(12(2)21(20-11)13-6-4-3-5-7-13)19-15(23)10-27-18(24)14-8-9-16(28-14)22(25)26/h3-9H,10H2,1-2H3,(H,19,23). The number of aryl methyl sites for hydroxylation is 1. The van der Waals surface area contributed by atoms with Gasteiger partial charge in [0.1, 0.15) is 4.88 Å². The monoisotopic (exact) mass is 400 g/mol. The van der Waals surface area contributed by atoms with E-state index in [0.717, 1.165) is 11.4 Å². The largest absolute Gasteiger partial charge is 0.451 e. The van der Waals surface area contributed by atoms with Crippen LogP contribution in [0.1, 0.15) is 21.1 Å². The summed E-state index contributed by atoms with van der Waals surface area (Å²) in [5.74, 6) is -1.32. The molecule has 0 bridgehead atoms. The van der Waals surface area contributed by atoms with E-state index in [1.165, 1.54) is 12.1 Å². The summed E-state index contributed by atoms with van der Waals surface area (Å²) in [6.07, 6.45) is 0. The van der Waals surface area contributed by atoms with Crippen LogP contribution in [-0.4, -0.2) is 33.2 Å². The van der Waals surface area contributed by atoms with Crippen molar-refractivity contribution in [2.45, 2.75) is 13.8 Å². The van der Waals surface area contributed by atoms with Crippen LogP contribution in [0.5, 0.6) is 0 Å². The van der Waals surface area contributed by atoms with Gasteiger partial charge in [0.25, 0.3) is 5.91 Å². The maximum Gasteiger partial charge on any atom is 0.349 e. The molecule has 0 aliphatic carbocycles. The minimum atomic E-state index is -0.790. The highest BCUT2D eigenvalue weighted by Gasteiger charge is 2.19. The molecule has 0 spiro atoms. The zero-order valence-corrected chi connectivity index (χ0v) is 15.9. The van der Waals surface area contributed by atoms with Crippen LogP contribution in [0, 0.1) is 24.0 Å². The van der Waals surface area contributed by atoms with Gasteiger partial charge in [-0.2, -0.15) is 5.10 Å². The van der Waals surface area contributed by atoms with Gasteiger partial charge in [-0.05, 0) is 32.0 Å². The number of thiophene rings is 1. The summed E-state index contributed by atoms with van der Waals surface area (Å²) < 4.78 is 6.65. The lowest BCUT2D eigenvalue weighted by atomic mass is 10.3. The van der Waals surface area contributed by atoms with Crippen molar-refractivity contribution in [3.63, 3.8) is 0 Å². The fourth-order valence-corrected chi connectivity index (χ4v) is 3.27. The molecule has 144 valence electrons. The van der Waals surface area contributed by atoms with E-state index in [9.17, 15) is 19.7 Å². The summed E-state index contributed by atoms with van der Waals surface area (Å²) in [6.45, 7) is 3.07. The minimum Gasteiger partial charge on any atom is -0.451 e. The van der Waals surface area contributed by atoms with Gasteiger partial charge in [0.2, 0.25) is 0 Å². The Morgan fingerprint density at radius 3 is 2.57 bits per heavy atom. The van der Waals surface area contributed by atoms with Crippen LogP contribution in [0.25, 0.3) is 5.69 Å². The van der Waals surface area contributed by atoms with E-state index in [-0.39, 0.29) is 9.88 Å². The van der Waals surface area contributed by atoms with Crippen molar-refractivity contribution in [1.82, 2.24) is 9.78 Å². The number of benzene rings is 1. The van der Waals surface area contributed by atoms with Gasteiger partial charge in [-0.3, -0.25) is 14.9 Å². The number of amides is 1. The molecule has 10 heteroatoms. The molecule has 9 nitrogen and oxygen atoms in total. The zero-order chi connectivity index (χ0) is 20.3. The van der Waals surface area contributed by atoms with Crippen molar-refractivity contribution in [1.29, 1.82) is 0 Å². The van der Waals surface area contributed by atoms with E-state index in [1.54, 1.807) is 11.6 Å². The average Bonchev–Trinajstić information content (AvgIpc) is 3.28. The van der Waals surface area contributed by atoms with Crippen molar-refractivity contribution in [3.05, 3.63) is 68.8 Å². The van der Waals surface area contributed by atoms with Crippen LogP contribution < -0.4 is 5.32 Å². The number of nitrogens with zero attached hydrogens (tertiary/aromatic N) is 3. The number of esters is 1. The number of hydrogen-bond acceptors (Lipinski definition) is 7. The third-order valence-corrected chi connectivity index (χ3v) is 4.88. The van der Waals surface area contributed by atoms with Crippen LogP contribution >= 0.6 is 11.3 Å². The first-order chi connectivity index (χ1) is 13.4. The molecular formula is C18H16N4O5S. The lowest BCUT2D eigenvalue weighted by molar-refractivity contribution is -0.380. The number of carbonyl (C=O) groups excluding carboxylic acids is 2. The molecule has 1 amide bonds. The van der Waals surface area contributed by atoms with Crippen molar-refractivity contribution in [2.75, 3.05) is 11.9 Å². The number of ether oxygens (including phenoxy) is 1. The maximum atomic E-state index is 12.2. The second-order valence-electron chi connectivity index (χ2n) is 5.81. The van der Waals surface area contributed by atoms with Crippen molar-refractivity contribution in [2.24, 2.45) is 0 Å². The first-order valence-electron chi connectivity index (χ1n) is 8.19. The summed E-state index contributed by atoms with van der Waals surface area (Å²) in [4.78, 5) is 34.2. The SMILES string of the molecule is Cc1nn(-c2ccccc2)c(C)c1NC(=O)COC(=O)c1ccc([N+](=O)[O-])s1. The number of hydrogen-bond donors (Lipinski definition) is 1. The van der Waals surface area contributed by atoms with E-state index < -0.39 is 23.4 Å². The molecule has 0 aliphatic heterocycles. The van der Waals surface area contributed by atoms with Gasteiger partial charge in [0, 0.05) is 6.07 Å². The summed E-state index contributed by atoms with van der Waals surface area (Å²) >= 11 is 0.692. The van der Waals surface area contributed by atoms with Crippen LogP contribution in [0.15, 0.2) is 42.5 Å².